The number of ketones is 1. The molecular formula is C10H13NO2. The Morgan fingerprint density at radius 2 is 2.08 bits per heavy atom. The van der Waals surface area contributed by atoms with Gasteiger partial charge in [0.2, 0.25) is 0 Å². The van der Waals surface area contributed by atoms with Crippen LogP contribution in [0.15, 0.2) is 0 Å². The maximum atomic E-state index is 11.4. The fourth-order valence-corrected chi connectivity index (χ4v) is 0.998. The van der Waals surface area contributed by atoms with Gasteiger partial charge in [-0.15, -0.1) is 0 Å². The predicted octanol–water partition coefficient (Wildman–Crippen LogP) is 0.495. The number of Topliss-reactive ketones (excluding diaryl/α,β-unsaturated/α-hetero) is 1. The Hall–Kier alpha value is -1.30. The first kappa shape index (κ1) is 9.79. The van der Waals surface area contributed by atoms with E-state index in [1.54, 1.807) is 6.92 Å². The van der Waals surface area contributed by atoms with Crippen molar-refractivity contribution in [2.75, 3.05) is 6.54 Å². The maximum Gasteiger partial charge on any atom is 0.296 e. The van der Waals surface area contributed by atoms with Crippen LogP contribution in [0.25, 0.3) is 0 Å². The van der Waals surface area contributed by atoms with Gasteiger partial charge in [0.05, 0.1) is 6.54 Å². The second-order valence-electron chi connectivity index (χ2n) is 3.54. The van der Waals surface area contributed by atoms with E-state index in [-0.39, 0.29) is 23.7 Å². The third-order valence-electron chi connectivity index (χ3n) is 2.32. The minimum absolute atomic E-state index is 0.110. The van der Waals surface area contributed by atoms with E-state index >= 15 is 0 Å². The molecule has 1 fully saturated rings. The van der Waals surface area contributed by atoms with Crippen molar-refractivity contribution in [1.29, 1.82) is 0 Å². The zero-order valence-corrected chi connectivity index (χ0v) is 7.94. The van der Waals surface area contributed by atoms with Gasteiger partial charge in [-0.05, 0) is 25.7 Å². The Morgan fingerprint density at radius 3 is 2.54 bits per heavy atom. The molecule has 1 rings (SSSR count). The zero-order valence-electron chi connectivity index (χ0n) is 7.94. The van der Waals surface area contributed by atoms with E-state index in [0.717, 1.165) is 12.8 Å². The normalized spacial score (nSPS) is 16.8. The van der Waals surface area contributed by atoms with Crippen LogP contribution in [-0.2, 0) is 9.59 Å². The zero-order chi connectivity index (χ0) is 9.90. The van der Waals surface area contributed by atoms with Gasteiger partial charge in [0, 0.05) is 5.41 Å². The minimum Gasteiger partial charge on any atom is -0.338 e. The van der Waals surface area contributed by atoms with Gasteiger partial charge >= 0.3 is 0 Å². The van der Waals surface area contributed by atoms with Gasteiger partial charge in [-0.3, -0.25) is 9.59 Å². The topological polar surface area (TPSA) is 46.2 Å². The Kier molecular flexibility index (Phi) is 2.72. The predicted molar refractivity (Wildman–Crippen MR) is 48.8 cm³/mol. The van der Waals surface area contributed by atoms with Crippen LogP contribution in [0.2, 0.25) is 0 Å². The van der Waals surface area contributed by atoms with Crippen molar-refractivity contribution >= 4 is 11.7 Å². The summed E-state index contributed by atoms with van der Waals surface area (Å²) in [5, 5.41) is 2.47. The van der Waals surface area contributed by atoms with E-state index in [0.29, 0.717) is 0 Å². The van der Waals surface area contributed by atoms with E-state index in [1.807, 2.05) is 6.92 Å². The van der Waals surface area contributed by atoms with E-state index in [1.165, 1.54) is 0 Å². The summed E-state index contributed by atoms with van der Waals surface area (Å²) in [6, 6.07) is 0. The Bertz CT molecular complexity index is 292. The molecule has 0 radical (unpaired) electrons. The van der Waals surface area contributed by atoms with Crippen LogP contribution in [0.1, 0.15) is 26.7 Å². The molecule has 0 unspecified atom stereocenters. The van der Waals surface area contributed by atoms with Crippen LogP contribution in [0.5, 0.6) is 0 Å². The fourth-order valence-electron chi connectivity index (χ4n) is 0.998. The van der Waals surface area contributed by atoms with Crippen molar-refractivity contribution in [2.24, 2.45) is 5.41 Å². The number of carbonyl (C=O) groups is 2. The third kappa shape index (κ3) is 2.59. The highest BCUT2D eigenvalue weighted by Gasteiger charge is 2.43. The largest absolute Gasteiger partial charge is 0.338 e. The molecule has 0 spiro atoms. The molecule has 1 amide bonds. The van der Waals surface area contributed by atoms with Gasteiger partial charge in [0.15, 0.2) is 5.78 Å². The number of carbonyl (C=O) groups excluding carboxylic acids is 2. The van der Waals surface area contributed by atoms with Crippen molar-refractivity contribution in [3.05, 3.63) is 0 Å². The van der Waals surface area contributed by atoms with Crippen LogP contribution >= 0.6 is 0 Å². The first-order valence-electron chi connectivity index (χ1n) is 4.32. The highest BCUT2D eigenvalue weighted by Crippen LogP contribution is 2.45. The lowest BCUT2D eigenvalue weighted by atomic mass is 10.0. The summed E-state index contributed by atoms with van der Waals surface area (Å²) in [6.07, 6.45) is 1.89. The molecule has 3 heteroatoms. The summed E-state index contributed by atoms with van der Waals surface area (Å²) in [7, 11) is 0. The van der Waals surface area contributed by atoms with Gasteiger partial charge in [-0.1, -0.05) is 12.8 Å². The van der Waals surface area contributed by atoms with Crippen molar-refractivity contribution in [3.8, 4) is 11.8 Å². The van der Waals surface area contributed by atoms with Crippen molar-refractivity contribution in [3.63, 3.8) is 0 Å². The molecule has 1 aliphatic rings. The molecule has 0 aromatic rings. The number of hydrogen-bond donors (Lipinski definition) is 1. The van der Waals surface area contributed by atoms with Crippen molar-refractivity contribution < 1.29 is 9.59 Å². The molecule has 3 nitrogen and oxygen atoms in total. The lowest BCUT2D eigenvalue weighted by Gasteiger charge is -2.05. The second kappa shape index (κ2) is 3.61. The van der Waals surface area contributed by atoms with Crippen LogP contribution in [0.3, 0.4) is 0 Å². The molecule has 0 atom stereocenters. The summed E-state index contributed by atoms with van der Waals surface area (Å²) < 4.78 is 0. The molecule has 0 aromatic heterocycles. The molecule has 1 N–H and O–H groups in total. The molecule has 1 aliphatic carbocycles. The summed E-state index contributed by atoms with van der Waals surface area (Å²) >= 11 is 0. The first-order valence-corrected chi connectivity index (χ1v) is 4.32. The maximum absolute atomic E-state index is 11.4. The average Bonchev–Trinajstić information content (AvgIpc) is 2.81. The molecule has 0 aromatic carbocycles. The van der Waals surface area contributed by atoms with Gasteiger partial charge < -0.3 is 5.32 Å². The second-order valence-corrected chi connectivity index (χ2v) is 3.54. The first-order chi connectivity index (χ1) is 6.08. The van der Waals surface area contributed by atoms with Gasteiger partial charge in [-0.2, -0.15) is 0 Å². The number of nitrogens with one attached hydrogen (secondary N) is 1. The van der Waals surface area contributed by atoms with Gasteiger partial charge in [-0.25, -0.2) is 0 Å². The highest BCUT2D eigenvalue weighted by atomic mass is 16.2. The summed E-state index contributed by atoms with van der Waals surface area (Å²) in [4.78, 5) is 22.2. The standard InChI is InChI=1S/C10H13NO2/c1-3-4-9(13)11-7-8(12)10(2)5-6-10/h5-7H2,1-2H3,(H,11,13). The summed E-state index contributed by atoms with van der Waals surface area (Å²) in [5.74, 6) is 4.53. The molecular weight excluding hydrogens is 166 g/mol. The Morgan fingerprint density at radius 1 is 1.46 bits per heavy atom. The van der Waals surface area contributed by atoms with E-state index in [2.05, 4.69) is 17.2 Å². The van der Waals surface area contributed by atoms with Gasteiger partial charge in [0.1, 0.15) is 0 Å². The molecule has 0 aliphatic heterocycles. The minimum atomic E-state index is -0.375. The molecule has 0 heterocycles. The highest BCUT2D eigenvalue weighted by molar-refractivity contribution is 5.97. The Labute approximate surface area is 77.9 Å². The van der Waals surface area contributed by atoms with Crippen LogP contribution in [0, 0.1) is 17.3 Å². The smallest absolute Gasteiger partial charge is 0.296 e. The van der Waals surface area contributed by atoms with Crippen LogP contribution in [0.4, 0.5) is 0 Å². The number of amides is 1. The van der Waals surface area contributed by atoms with E-state index in [4.69, 9.17) is 0 Å². The molecule has 1 saturated carbocycles. The fraction of sp³-hybridized carbons (Fsp3) is 0.600. The van der Waals surface area contributed by atoms with Crippen molar-refractivity contribution in [2.45, 2.75) is 26.7 Å². The van der Waals surface area contributed by atoms with Crippen molar-refractivity contribution in [1.82, 2.24) is 5.32 Å². The number of rotatable bonds is 3. The molecule has 13 heavy (non-hydrogen) atoms. The van der Waals surface area contributed by atoms with Gasteiger partial charge in [0.25, 0.3) is 5.91 Å². The summed E-state index contributed by atoms with van der Waals surface area (Å²) in [6.45, 7) is 3.63. The van der Waals surface area contributed by atoms with Crippen LogP contribution in [-0.4, -0.2) is 18.2 Å². The Balaban J connectivity index is 2.29. The summed E-state index contributed by atoms with van der Waals surface area (Å²) in [5.41, 5.74) is -0.160. The SMILES string of the molecule is CC#CC(=O)NCC(=O)C1(C)CC1. The lowest BCUT2D eigenvalue weighted by molar-refractivity contribution is -0.125. The molecule has 70 valence electrons. The third-order valence-corrected chi connectivity index (χ3v) is 2.32. The quantitative estimate of drug-likeness (QED) is 0.641. The number of hydrogen-bond acceptors (Lipinski definition) is 2. The molecule has 0 saturated heterocycles. The van der Waals surface area contributed by atoms with E-state index < -0.39 is 0 Å². The average molecular weight is 179 g/mol. The monoisotopic (exact) mass is 179 g/mol. The van der Waals surface area contributed by atoms with E-state index in [9.17, 15) is 9.59 Å². The van der Waals surface area contributed by atoms with Crippen LogP contribution < -0.4 is 5.32 Å². The lowest BCUT2D eigenvalue weighted by Crippen LogP contribution is -2.31. The molecule has 0 bridgehead atoms.